The zero-order valence-electron chi connectivity index (χ0n) is 23.0. The van der Waals surface area contributed by atoms with Crippen molar-refractivity contribution in [1.82, 2.24) is 5.16 Å². The van der Waals surface area contributed by atoms with E-state index in [0.29, 0.717) is 11.3 Å². The third-order valence-electron chi connectivity index (χ3n) is 4.19. The van der Waals surface area contributed by atoms with Crippen LogP contribution in [0.15, 0.2) is 33.0 Å². The Labute approximate surface area is 188 Å². The van der Waals surface area contributed by atoms with E-state index in [1.807, 2.05) is 0 Å². The molecule has 30 heavy (non-hydrogen) atoms. The Morgan fingerprint density at radius 1 is 1.30 bits per heavy atom. The molecule has 3 rings (SSSR count). The van der Waals surface area contributed by atoms with Crippen LogP contribution in [0.3, 0.4) is 0 Å². The minimum absolute atomic E-state index is 0.155. The SMILES string of the molecule is [2H]c1c(C([2H])([2H])[2H])cc(C(C)=O)c(NC(=O)c2sccc2S(=O)(=O)Nc2onc(C)c2C)c1C([2H])([2H])[2H]. The first kappa shape index (κ1) is 14.1. The van der Waals surface area contributed by atoms with Gasteiger partial charge in [0, 0.05) is 19.4 Å². The summed E-state index contributed by atoms with van der Waals surface area (Å²) in [7, 11) is -4.37. The number of ketones is 1. The maximum Gasteiger partial charge on any atom is 0.267 e. The van der Waals surface area contributed by atoms with Crippen molar-refractivity contribution in [3.05, 3.63) is 56.4 Å². The van der Waals surface area contributed by atoms with Crippen LogP contribution >= 0.6 is 11.3 Å². The van der Waals surface area contributed by atoms with Gasteiger partial charge >= 0.3 is 0 Å². The summed E-state index contributed by atoms with van der Waals surface area (Å²) in [6.07, 6.45) is 0. The van der Waals surface area contributed by atoms with Crippen molar-refractivity contribution in [2.45, 2.75) is 39.4 Å². The summed E-state index contributed by atoms with van der Waals surface area (Å²) in [5, 5.41) is 7.22. The standard InChI is InChI=1S/C20H21N3O5S2/c1-10-8-11(2)17(15(9-10)14(5)24)21-19(25)18-16(6-7-29-18)30(26,27)23-20-12(3)13(4)22-28-20/h6-9,23H,1-5H3,(H,21,25)/i1D3,2D3,8D. The molecule has 2 aromatic heterocycles. The van der Waals surface area contributed by atoms with Crippen LogP contribution in [0.1, 0.15) is 58.9 Å². The van der Waals surface area contributed by atoms with Gasteiger partial charge in [0.15, 0.2) is 5.78 Å². The lowest BCUT2D eigenvalue weighted by atomic mass is 10.0. The molecular weight excluding hydrogens is 426 g/mol. The van der Waals surface area contributed by atoms with E-state index in [1.54, 1.807) is 13.8 Å². The van der Waals surface area contributed by atoms with Crippen molar-refractivity contribution in [2.75, 3.05) is 10.0 Å². The number of nitrogens with zero attached hydrogens (tertiary/aromatic N) is 1. The topological polar surface area (TPSA) is 118 Å². The Bertz CT molecular complexity index is 1510. The highest BCUT2D eigenvalue weighted by molar-refractivity contribution is 7.93. The second kappa shape index (κ2) is 8.04. The summed E-state index contributed by atoms with van der Waals surface area (Å²) >= 11 is 0.723. The Kier molecular flexibility index (Phi) is 3.78. The van der Waals surface area contributed by atoms with Crippen LogP contribution in [0.5, 0.6) is 0 Å². The highest BCUT2D eigenvalue weighted by Crippen LogP contribution is 2.29. The summed E-state index contributed by atoms with van der Waals surface area (Å²) in [5.41, 5.74) is -1.71. The van der Waals surface area contributed by atoms with Crippen LogP contribution in [-0.4, -0.2) is 25.3 Å². The fraction of sp³-hybridized carbons (Fsp3) is 0.250. The number of hydrogen-bond acceptors (Lipinski definition) is 7. The number of aromatic nitrogens is 1. The summed E-state index contributed by atoms with van der Waals surface area (Å²) < 4.78 is 87.9. The van der Waals surface area contributed by atoms with E-state index < -0.39 is 68.7 Å². The smallest absolute Gasteiger partial charge is 0.267 e. The molecule has 0 spiro atoms. The summed E-state index contributed by atoms with van der Waals surface area (Å²) in [5.74, 6) is -2.02. The number of benzene rings is 1. The molecule has 158 valence electrons. The van der Waals surface area contributed by atoms with E-state index in [0.717, 1.165) is 30.4 Å². The van der Waals surface area contributed by atoms with Crippen LogP contribution in [0.2, 0.25) is 0 Å². The molecule has 0 radical (unpaired) electrons. The number of thiophene rings is 1. The lowest BCUT2D eigenvalue weighted by Crippen LogP contribution is -2.20. The molecule has 0 saturated heterocycles. The van der Waals surface area contributed by atoms with Crippen molar-refractivity contribution in [1.29, 1.82) is 0 Å². The van der Waals surface area contributed by atoms with E-state index in [1.165, 1.54) is 5.38 Å². The fourth-order valence-electron chi connectivity index (χ4n) is 2.52. The molecule has 3 aromatic rings. The summed E-state index contributed by atoms with van der Waals surface area (Å²) in [6, 6.07) is 1.09. The van der Waals surface area contributed by atoms with E-state index in [2.05, 4.69) is 15.2 Å². The van der Waals surface area contributed by atoms with Gasteiger partial charge in [0.25, 0.3) is 15.9 Å². The zero-order chi connectivity index (χ0) is 28.1. The van der Waals surface area contributed by atoms with Crippen LogP contribution in [0, 0.1) is 27.6 Å². The van der Waals surface area contributed by atoms with Gasteiger partial charge in [-0.1, -0.05) is 11.2 Å². The quantitative estimate of drug-likeness (QED) is 0.538. The monoisotopic (exact) mass is 454 g/mol. The van der Waals surface area contributed by atoms with Crippen molar-refractivity contribution in [3.8, 4) is 0 Å². The minimum Gasteiger partial charge on any atom is -0.337 e. The number of carbonyl (C=O) groups excluding carboxylic acids is 2. The van der Waals surface area contributed by atoms with Crippen molar-refractivity contribution in [2.24, 2.45) is 0 Å². The zero-order valence-corrected chi connectivity index (χ0v) is 17.7. The predicted octanol–water partition coefficient (Wildman–Crippen LogP) is 4.23. The summed E-state index contributed by atoms with van der Waals surface area (Å²) in [4.78, 5) is 24.8. The molecule has 1 aromatic carbocycles. The molecule has 10 heteroatoms. The molecule has 2 N–H and O–H groups in total. The Morgan fingerprint density at radius 3 is 2.67 bits per heavy atom. The van der Waals surface area contributed by atoms with Crippen LogP contribution < -0.4 is 10.0 Å². The molecule has 0 aliphatic heterocycles. The van der Waals surface area contributed by atoms with Gasteiger partial charge < -0.3 is 9.84 Å². The van der Waals surface area contributed by atoms with Crippen molar-refractivity contribution in [3.63, 3.8) is 0 Å². The van der Waals surface area contributed by atoms with Gasteiger partial charge in [-0.3, -0.25) is 9.59 Å². The van der Waals surface area contributed by atoms with Gasteiger partial charge in [-0.15, -0.1) is 11.3 Å². The average Bonchev–Trinajstić information content (AvgIpc) is 3.35. The van der Waals surface area contributed by atoms with E-state index >= 15 is 0 Å². The molecule has 0 unspecified atom stereocenters. The maximum atomic E-state index is 13.2. The second-order valence-corrected chi connectivity index (χ2v) is 8.87. The first-order valence-electron chi connectivity index (χ1n) is 11.9. The normalized spacial score (nSPS) is 15.6. The molecular formula is C20H21N3O5S2. The van der Waals surface area contributed by atoms with Gasteiger partial charge in [0.2, 0.25) is 5.88 Å². The predicted molar refractivity (Wildman–Crippen MR) is 115 cm³/mol. The lowest BCUT2D eigenvalue weighted by Gasteiger charge is -2.14. The fourth-order valence-corrected chi connectivity index (χ4v) is 4.89. The molecule has 0 aliphatic carbocycles. The number of nitrogens with one attached hydrogen (secondary N) is 2. The van der Waals surface area contributed by atoms with Crippen molar-refractivity contribution >= 4 is 44.6 Å². The maximum absolute atomic E-state index is 13.2. The number of sulfonamides is 1. The van der Waals surface area contributed by atoms with E-state index in [-0.39, 0.29) is 10.8 Å². The molecule has 0 fully saturated rings. The molecule has 8 nitrogen and oxygen atoms in total. The third-order valence-corrected chi connectivity index (χ3v) is 6.61. The van der Waals surface area contributed by atoms with Gasteiger partial charge in [-0.05, 0) is 63.1 Å². The third kappa shape index (κ3) is 4.14. The van der Waals surface area contributed by atoms with Gasteiger partial charge in [-0.2, -0.15) is 0 Å². The number of amides is 1. The number of anilines is 2. The minimum atomic E-state index is -4.37. The van der Waals surface area contributed by atoms with Gasteiger partial charge in [0.05, 0.1) is 12.8 Å². The first-order valence-corrected chi connectivity index (χ1v) is 10.8. The molecule has 1 amide bonds. The molecule has 0 atom stereocenters. The molecule has 2 heterocycles. The molecule has 0 bridgehead atoms. The number of aryl methyl sites for hydroxylation is 2. The summed E-state index contributed by atoms with van der Waals surface area (Å²) in [6.45, 7) is -1.80. The highest BCUT2D eigenvalue weighted by atomic mass is 32.2. The Balaban J connectivity index is 2.13. The number of hydrogen-bond donors (Lipinski definition) is 2. The average molecular weight is 455 g/mol. The van der Waals surface area contributed by atoms with Crippen LogP contribution in [-0.2, 0) is 10.0 Å². The molecule has 0 aliphatic rings. The Morgan fingerprint density at radius 2 is 2.07 bits per heavy atom. The van der Waals surface area contributed by atoms with Crippen LogP contribution in [0.25, 0.3) is 0 Å². The van der Waals surface area contributed by atoms with Gasteiger partial charge in [0.1, 0.15) is 9.77 Å². The second-order valence-electron chi connectivity index (χ2n) is 6.30. The highest BCUT2D eigenvalue weighted by Gasteiger charge is 2.27. The van der Waals surface area contributed by atoms with Gasteiger partial charge in [-0.25, -0.2) is 13.1 Å². The lowest BCUT2D eigenvalue weighted by molar-refractivity contribution is 0.101. The van der Waals surface area contributed by atoms with E-state index in [9.17, 15) is 18.0 Å². The number of carbonyl (C=O) groups is 2. The molecule has 0 saturated carbocycles. The van der Waals surface area contributed by atoms with Crippen LogP contribution in [0.4, 0.5) is 11.6 Å². The Hall–Kier alpha value is -2.98. The largest absolute Gasteiger partial charge is 0.337 e. The number of Topliss-reactive ketones (excluding diaryl/α,β-unsaturated/α-hetero) is 1. The number of rotatable bonds is 6. The first-order chi connectivity index (χ1) is 16.9. The van der Waals surface area contributed by atoms with Crippen molar-refractivity contribution < 1.29 is 32.1 Å². The van der Waals surface area contributed by atoms with E-state index in [4.69, 9.17) is 14.1 Å².